The number of rotatable bonds is 11. The molecule has 0 aromatic carbocycles. The van der Waals surface area contributed by atoms with Crippen molar-refractivity contribution in [2.45, 2.75) is 53.0 Å². The third-order valence-corrected chi connectivity index (χ3v) is 3.23. The van der Waals surface area contributed by atoms with Crippen molar-refractivity contribution >= 4 is 0 Å². The van der Waals surface area contributed by atoms with Crippen LogP contribution < -0.4 is 10.1 Å². The summed E-state index contributed by atoms with van der Waals surface area (Å²) in [7, 11) is 0. The van der Waals surface area contributed by atoms with E-state index in [1.54, 1.807) is 0 Å². The van der Waals surface area contributed by atoms with Crippen molar-refractivity contribution in [2.75, 3.05) is 13.2 Å². The van der Waals surface area contributed by atoms with Gasteiger partial charge in [0.15, 0.2) is 0 Å². The summed E-state index contributed by atoms with van der Waals surface area (Å²) in [5, 5.41) is 3.43. The zero-order valence-electron chi connectivity index (χ0n) is 13.8. The van der Waals surface area contributed by atoms with Crippen molar-refractivity contribution in [1.82, 2.24) is 10.3 Å². The first-order valence-electron chi connectivity index (χ1n) is 8.04. The molecule has 0 unspecified atom stereocenters. The van der Waals surface area contributed by atoms with E-state index >= 15 is 0 Å². The zero-order chi connectivity index (χ0) is 15.5. The van der Waals surface area contributed by atoms with Crippen LogP contribution in [0.4, 0.5) is 0 Å². The summed E-state index contributed by atoms with van der Waals surface area (Å²) in [6.45, 7) is 12.7. The van der Waals surface area contributed by atoms with Gasteiger partial charge in [0, 0.05) is 12.2 Å². The normalized spacial score (nSPS) is 10.9. The fraction of sp³-hybridized carbons (Fsp3) is 0.611. The predicted molar refractivity (Wildman–Crippen MR) is 89.7 cm³/mol. The van der Waals surface area contributed by atoms with E-state index in [2.05, 4.69) is 30.7 Å². The Hall–Kier alpha value is -1.35. The molecule has 3 nitrogen and oxygen atoms in total. The van der Waals surface area contributed by atoms with Crippen molar-refractivity contribution in [3.8, 4) is 5.75 Å². The third kappa shape index (κ3) is 7.86. The van der Waals surface area contributed by atoms with Crippen molar-refractivity contribution in [3.63, 3.8) is 0 Å². The molecule has 0 bridgehead atoms. The molecule has 0 aliphatic carbocycles. The lowest BCUT2D eigenvalue weighted by atomic mass is 10.2. The number of hydrogen-bond acceptors (Lipinski definition) is 3. The van der Waals surface area contributed by atoms with Crippen molar-refractivity contribution < 1.29 is 4.74 Å². The summed E-state index contributed by atoms with van der Waals surface area (Å²) in [5.74, 6) is 1.56. The Morgan fingerprint density at radius 3 is 2.81 bits per heavy atom. The molecule has 1 N–H and O–H groups in total. The number of pyridine rings is 1. The highest BCUT2D eigenvalue weighted by molar-refractivity contribution is 5.29. The van der Waals surface area contributed by atoms with E-state index in [1.807, 2.05) is 25.1 Å². The molecular weight excluding hydrogens is 260 g/mol. The number of nitrogens with zero attached hydrogens (tertiary/aromatic N) is 1. The van der Waals surface area contributed by atoms with Gasteiger partial charge in [-0.05, 0) is 57.2 Å². The minimum atomic E-state index is 0.643. The van der Waals surface area contributed by atoms with Gasteiger partial charge in [-0.25, -0.2) is 0 Å². The molecule has 0 aliphatic rings. The first-order valence-corrected chi connectivity index (χ1v) is 8.04. The van der Waals surface area contributed by atoms with E-state index < -0.39 is 0 Å². The third-order valence-electron chi connectivity index (χ3n) is 3.23. The zero-order valence-corrected chi connectivity index (χ0v) is 13.8. The van der Waals surface area contributed by atoms with Crippen molar-refractivity contribution in [3.05, 3.63) is 36.2 Å². The van der Waals surface area contributed by atoms with Crippen molar-refractivity contribution in [1.29, 1.82) is 0 Å². The smallest absolute Gasteiger partial charge is 0.142 e. The standard InChI is InChI=1S/C18H30N2O/c1-5-6-7-8-9-12-21-18-11-10-16(4)20-17(18)14-19-13-15(2)3/h5,10-11,15,19H,1,6-9,12-14H2,2-4H3. The molecule has 118 valence electrons. The minimum absolute atomic E-state index is 0.643. The van der Waals surface area contributed by atoms with Crippen LogP contribution >= 0.6 is 0 Å². The summed E-state index contributed by atoms with van der Waals surface area (Å²) < 4.78 is 5.90. The van der Waals surface area contributed by atoms with Gasteiger partial charge in [-0.1, -0.05) is 19.9 Å². The maximum Gasteiger partial charge on any atom is 0.142 e. The first-order chi connectivity index (χ1) is 10.1. The van der Waals surface area contributed by atoms with Gasteiger partial charge in [-0.3, -0.25) is 4.98 Å². The average molecular weight is 290 g/mol. The van der Waals surface area contributed by atoms with Crippen LogP contribution in [-0.2, 0) is 6.54 Å². The quantitative estimate of drug-likeness (QED) is 0.488. The van der Waals surface area contributed by atoms with Crippen LogP contribution in [0.5, 0.6) is 5.75 Å². The number of hydrogen-bond donors (Lipinski definition) is 1. The van der Waals surface area contributed by atoms with Crippen LogP contribution in [0.1, 0.15) is 50.9 Å². The number of nitrogens with one attached hydrogen (secondary N) is 1. The van der Waals surface area contributed by atoms with Gasteiger partial charge >= 0.3 is 0 Å². The molecular formula is C18H30N2O. The summed E-state index contributed by atoms with van der Waals surface area (Å²) in [6, 6.07) is 4.05. The first kappa shape index (κ1) is 17.7. The molecule has 21 heavy (non-hydrogen) atoms. The molecule has 1 aromatic rings. The van der Waals surface area contributed by atoms with Crippen LogP contribution in [0.15, 0.2) is 24.8 Å². The summed E-state index contributed by atoms with van der Waals surface area (Å²) in [5.41, 5.74) is 2.05. The largest absolute Gasteiger partial charge is 0.492 e. The van der Waals surface area contributed by atoms with Crippen LogP contribution in [-0.4, -0.2) is 18.1 Å². The molecule has 1 heterocycles. The van der Waals surface area contributed by atoms with E-state index in [-0.39, 0.29) is 0 Å². The molecule has 0 fully saturated rings. The highest BCUT2D eigenvalue weighted by atomic mass is 16.5. The van der Waals surface area contributed by atoms with Crippen molar-refractivity contribution in [2.24, 2.45) is 5.92 Å². The molecule has 0 spiro atoms. The topological polar surface area (TPSA) is 34.1 Å². The molecule has 0 saturated carbocycles. The number of aromatic nitrogens is 1. The monoisotopic (exact) mass is 290 g/mol. The Kier molecular flexibility index (Phi) is 8.76. The van der Waals surface area contributed by atoms with E-state index in [0.29, 0.717) is 5.92 Å². The maximum atomic E-state index is 5.90. The minimum Gasteiger partial charge on any atom is -0.492 e. The SMILES string of the molecule is C=CCCCCCOc1ccc(C)nc1CNCC(C)C. The lowest BCUT2D eigenvalue weighted by Gasteiger charge is -2.13. The van der Waals surface area contributed by atoms with E-state index in [9.17, 15) is 0 Å². The predicted octanol–water partition coefficient (Wildman–Crippen LogP) is 4.26. The molecule has 0 aliphatic heterocycles. The number of allylic oxidation sites excluding steroid dienone is 1. The van der Waals surface area contributed by atoms with Crippen LogP contribution in [0.2, 0.25) is 0 Å². The van der Waals surface area contributed by atoms with Gasteiger partial charge < -0.3 is 10.1 Å². The Balaban J connectivity index is 2.42. The second kappa shape index (κ2) is 10.4. The molecule has 1 aromatic heterocycles. The number of ether oxygens (including phenoxy) is 1. The maximum absolute atomic E-state index is 5.90. The van der Waals surface area contributed by atoms with Crippen LogP contribution in [0.25, 0.3) is 0 Å². The lowest BCUT2D eigenvalue weighted by Crippen LogP contribution is -2.20. The highest BCUT2D eigenvalue weighted by Gasteiger charge is 2.06. The van der Waals surface area contributed by atoms with Crippen LogP contribution in [0.3, 0.4) is 0 Å². The Bertz CT molecular complexity index is 416. The summed E-state index contributed by atoms with van der Waals surface area (Å²) in [4.78, 5) is 4.60. The van der Waals surface area contributed by atoms with E-state index in [1.165, 1.54) is 12.8 Å². The van der Waals surface area contributed by atoms with E-state index in [0.717, 1.165) is 49.7 Å². The Morgan fingerprint density at radius 2 is 2.10 bits per heavy atom. The molecule has 0 saturated heterocycles. The van der Waals surface area contributed by atoms with E-state index in [4.69, 9.17) is 4.74 Å². The molecule has 0 atom stereocenters. The number of unbranched alkanes of at least 4 members (excludes halogenated alkanes) is 3. The molecule has 0 radical (unpaired) electrons. The second-order valence-electron chi connectivity index (χ2n) is 5.91. The van der Waals surface area contributed by atoms with Gasteiger partial charge in [0.05, 0.1) is 12.3 Å². The summed E-state index contributed by atoms with van der Waals surface area (Å²) in [6.07, 6.45) is 6.54. The lowest BCUT2D eigenvalue weighted by molar-refractivity contribution is 0.299. The highest BCUT2D eigenvalue weighted by Crippen LogP contribution is 2.17. The molecule has 1 rings (SSSR count). The van der Waals surface area contributed by atoms with Crippen LogP contribution in [0, 0.1) is 12.8 Å². The second-order valence-corrected chi connectivity index (χ2v) is 5.91. The van der Waals surface area contributed by atoms with Gasteiger partial charge in [0.25, 0.3) is 0 Å². The summed E-state index contributed by atoms with van der Waals surface area (Å²) >= 11 is 0. The van der Waals surface area contributed by atoms with Gasteiger partial charge in [-0.2, -0.15) is 0 Å². The Labute approximate surface area is 129 Å². The molecule has 0 amide bonds. The fourth-order valence-corrected chi connectivity index (χ4v) is 2.08. The van der Waals surface area contributed by atoms with Gasteiger partial charge in [-0.15, -0.1) is 6.58 Å². The van der Waals surface area contributed by atoms with Gasteiger partial charge in [0.1, 0.15) is 5.75 Å². The fourth-order valence-electron chi connectivity index (χ4n) is 2.08. The number of aryl methyl sites for hydroxylation is 1. The molecule has 3 heteroatoms. The Morgan fingerprint density at radius 1 is 1.29 bits per heavy atom. The van der Waals surface area contributed by atoms with Gasteiger partial charge in [0.2, 0.25) is 0 Å². The average Bonchev–Trinajstić information content (AvgIpc) is 2.44.